The molecule has 2 rings (SSSR count). The maximum atomic E-state index is 6.30. The second-order valence-electron chi connectivity index (χ2n) is 4.85. The van der Waals surface area contributed by atoms with Crippen molar-refractivity contribution < 1.29 is 0 Å². The Morgan fingerprint density at radius 3 is 2.58 bits per heavy atom. The molecule has 0 aliphatic carbocycles. The molecule has 0 bridgehead atoms. The van der Waals surface area contributed by atoms with E-state index in [-0.39, 0.29) is 6.04 Å². The van der Waals surface area contributed by atoms with Gasteiger partial charge in [-0.1, -0.05) is 33.6 Å². The summed E-state index contributed by atoms with van der Waals surface area (Å²) in [6.07, 6.45) is 0.689. The van der Waals surface area contributed by atoms with Crippen LogP contribution in [0, 0.1) is 13.8 Å². The second-order valence-corrected chi connectivity index (χ2v) is 6.12. The Morgan fingerprint density at radius 1 is 1.37 bits per heavy atom. The fourth-order valence-electron chi connectivity index (χ4n) is 2.22. The molecule has 0 saturated carbocycles. The number of hydrogen-bond donors (Lipinski definition) is 1. The zero-order chi connectivity index (χ0) is 14.2. The van der Waals surface area contributed by atoms with E-state index in [1.807, 2.05) is 14.0 Å². The molecule has 0 aliphatic heterocycles. The maximum absolute atomic E-state index is 6.30. The Labute approximate surface area is 126 Å². The predicted molar refractivity (Wildman–Crippen MR) is 82.5 cm³/mol. The van der Waals surface area contributed by atoms with Crippen molar-refractivity contribution in [3.63, 3.8) is 0 Å². The molecule has 0 saturated heterocycles. The molecule has 0 amide bonds. The highest BCUT2D eigenvalue weighted by Crippen LogP contribution is 2.26. The minimum Gasteiger partial charge on any atom is -0.324 e. The Balaban J connectivity index is 2.27. The van der Waals surface area contributed by atoms with E-state index in [0.717, 1.165) is 21.3 Å². The summed E-state index contributed by atoms with van der Waals surface area (Å²) in [5.74, 6) is 0. The van der Waals surface area contributed by atoms with Crippen LogP contribution in [-0.2, 0) is 13.5 Å². The molecule has 2 N–H and O–H groups in total. The van der Waals surface area contributed by atoms with Gasteiger partial charge in [-0.2, -0.15) is 5.10 Å². The molecule has 0 radical (unpaired) electrons. The van der Waals surface area contributed by atoms with Gasteiger partial charge in [0, 0.05) is 23.1 Å². The number of benzene rings is 1. The van der Waals surface area contributed by atoms with Crippen molar-refractivity contribution >= 4 is 27.5 Å². The van der Waals surface area contributed by atoms with Gasteiger partial charge in [-0.05, 0) is 43.5 Å². The van der Waals surface area contributed by atoms with E-state index >= 15 is 0 Å². The lowest BCUT2D eigenvalue weighted by molar-refractivity contribution is 0.717. The van der Waals surface area contributed by atoms with Crippen LogP contribution in [0.15, 0.2) is 22.7 Å². The van der Waals surface area contributed by atoms with Crippen molar-refractivity contribution in [2.24, 2.45) is 12.8 Å². The van der Waals surface area contributed by atoms with Crippen molar-refractivity contribution in [1.29, 1.82) is 0 Å². The molecular weight excluding hydrogens is 326 g/mol. The second kappa shape index (κ2) is 5.65. The molecule has 102 valence electrons. The van der Waals surface area contributed by atoms with Gasteiger partial charge < -0.3 is 5.73 Å². The predicted octanol–water partition coefficient (Wildman–Crippen LogP) is 3.70. The first-order chi connectivity index (χ1) is 8.88. The van der Waals surface area contributed by atoms with Gasteiger partial charge in [0.1, 0.15) is 5.15 Å². The van der Waals surface area contributed by atoms with Gasteiger partial charge in [-0.15, -0.1) is 0 Å². The zero-order valence-electron chi connectivity index (χ0n) is 11.2. The Hall–Kier alpha value is -0.840. The summed E-state index contributed by atoms with van der Waals surface area (Å²) in [4.78, 5) is 0. The van der Waals surface area contributed by atoms with E-state index in [1.54, 1.807) is 4.68 Å². The third-order valence-corrected chi connectivity index (χ3v) is 4.12. The van der Waals surface area contributed by atoms with Crippen molar-refractivity contribution in [1.82, 2.24) is 9.78 Å². The van der Waals surface area contributed by atoms with Gasteiger partial charge in [0.2, 0.25) is 0 Å². The number of aromatic nitrogens is 2. The molecule has 1 atom stereocenters. The average molecular weight is 343 g/mol. The number of nitrogens with two attached hydrogens (primary N) is 1. The third-order valence-electron chi connectivity index (χ3n) is 3.19. The Bertz CT molecular complexity index is 587. The average Bonchev–Trinajstić information content (AvgIpc) is 2.54. The molecule has 0 aliphatic rings. The van der Waals surface area contributed by atoms with Crippen molar-refractivity contribution in [2.75, 3.05) is 0 Å². The fourth-order valence-corrected chi connectivity index (χ4v) is 3.10. The van der Waals surface area contributed by atoms with E-state index in [2.05, 4.69) is 46.2 Å². The summed E-state index contributed by atoms with van der Waals surface area (Å²) in [6, 6.07) is 6.14. The quantitative estimate of drug-likeness (QED) is 0.924. The number of rotatable bonds is 3. The summed E-state index contributed by atoms with van der Waals surface area (Å²) < 4.78 is 2.73. The molecule has 1 aromatic heterocycles. The first-order valence-electron chi connectivity index (χ1n) is 6.09. The van der Waals surface area contributed by atoms with Crippen LogP contribution in [0.2, 0.25) is 5.15 Å². The van der Waals surface area contributed by atoms with Crippen molar-refractivity contribution in [3.8, 4) is 0 Å². The van der Waals surface area contributed by atoms with E-state index in [0.29, 0.717) is 11.6 Å². The molecule has 19 heavy (non-hydrogen) atoms. The smallest absolute Gasteiger partial charge is 0.130 e. The molecule has 0 fully saturated rings. The highest BCUT2D eigenvalue weighted by atomic mass is 79.9. The molecule has 1 heterocycles. The van der Waals surface area contributed by atoms with Crippen LogP contribution in [0.1, 0.15) is 28.4 Å². The Kier molecular flexibility index (Phi) is 4.33. The number of hydrogen-bond acceptors (Lipinski definition) is 2. The summed E-state index contributed by atoms with van der Waals surface area (Å²) in [5.41, 5.74) is 10.5. The SMILES string of the molecule is Cc1cc(Br)cc(C(N)Cc2c(C)nn(C)c2Cl)c1. The molecule has 1 aromatic carbocycles. The molecule has 3 nitrogen and oxygen atoms in total. The monoisotopic (exact) mass is 341 g/mol. The number of nitrogens with zero attached hydrogens (tertiary/aromatic N) is 2. The summed E-state index contributed by atoms with van der Waals surface area (Å²) in [6.45, 7) is 4.02. The number of halogens is 2. The van der Waals surface area contributed by atoms with Crippen LogP contribution in [-0.4, -0.2) is 9.78 Å². The normalized spacial score (nSPS) is 12.7. The fraction of sp³-hybridized carbons (Fsp3) is 0.357. The van der Waals surface area contributed by atoms with Crippen molar-refractivity contribution in [3.05, 3.63) is 50.2 Å². The molecule has 0 spiro atoms. The summed E-state index contributed by atoms with van der Waals surface area (Å²) >= 11 is 9.75. The first-order valence-corrected chi connectivity index (χ1v) is 7.26. The Morgan fingerprint density at radius 2 is 2.05 bits per heavy atom. The van der Waals surface area contributed by atoms with Crippen LogP contribution >= 0.6 is 27.5 Å². The summed E-state index contributed by atoms with van der Waals surface area (Å²) in [7, 11) is 1.84. The maximum Gasteiger partial charge on any atom is 0.130 e. The van der Waals surface area contributed by atoms with Crippen LogP contribution in [0.25, 0.3) is 0 Å². The van der Waals surface area contributed by atoms with Crippen LogP contribution in [0.4, 0.5) is 0 Å². The standard InChI is InChI=1S/C14H17BrClN3/c1-8-4-10(6-11(15)5-8)13(17)7-12-9(2)18-19(3)14(12)16/h4-6,13H,7,17H2,1-3H3. The summed E-state index contributed by atoms with van der Waals surface area (Å²) in [5, 5.41) is 4.98. The van der Waals surface area contributed by atoms with Gasteiger partial charge in [0.25, 0.3) is 0 Å². The first kappa shape index (κ1) is 14.6. The topological polar surface area (TPSA) is 43.8 Å². The lowest BCUT2D eigenvalue weighted by atomic mass is 9.99. The zero-order valence-corrected chi connectivity index (χ0v) is 13.6. The molecular formula is C14H17BrClN3. The largest absolute Gasteiger partial charge is 0.324 e. The molecule has 2 aromatic rings. The van der Waals surface area contributed by atoms with Gasteiger partial charge in [-0.3, -0.25) is 4.68 Å². The lowest BCUT2D eigenvalue weighted by Gasteiger charge is -2.13. The van der Waals surface area contributed by atoms with Crippen molar-refractivity contribution in [2.45, 2.75) is 26.3 Å². The third kappa shape index (κ3) is 3.19. The highest BCUT2D eigenvalue weighted by Gasteiger charge is 2.16. The van der Waals surface area contributed by atoms with Gasteiger partial charge in [0.05, 0.1) is 5.69 Å². The minimum absolute atomic E-state index is 0.0865. The van der Waals surface area contributed by atoms with Gasteiger partial charge >= 0.3 is 0 Å². The van der Waals surface area contributed by atoms with Gasteiger partial charge in [-0.25, -0.2) is 0 Å². The highest BCUT2D eigenvalue weighted by molar-refractivity contribution is 9.10. The van der Waals surface area contributed by atoms with E-state index in [9.17, 15) is 0 Å². The molecule has 5 heteroatoms. The van der Waals surface area contributed by atoms with E-state index < -0.39 is 0 Å². The van der Waals surface area contributed by atoms with Crippen LogP contribution < -0.4 is 5.73 Å². The van der Waals surface area contributed by atoms with E-state index in [1.165, 1.54) is 5.56 Å². The molecule has 1 unspecified atom stereocenters. The lowest BCUT2D eigenvalue weighted by Crippen LogP contribution is -2.14. The van der Waals surface area contributed by atoms with Crippen LogP contribution in [0.5, 0.6) is 0 Å². The number of aryl methyl sites for hydroxylation is 3. The van der Waals surface area contributed by atoms with E-state index in [4.69, 9.17) is 17.3 Å². The van der Waals surface area contributed by atoms with Gasteiger partial charge in [0.15, 0.2) is 0 Å². The van der Waals surface area contributed by atoms with Crippen LogP contribution in [0.3, 0.4) is 0 Å². The minimum atomic E-state index is -0.0865.